The van der Waals surface area contributed by atoms with Crippen LogP contribution in [0, 0.1) is 0 Å². The van der Waals surface area contributed by atoms with Gasteiger partial charge in [-0.05, 0) is 30.2 Å². The van der Waals surface area contributed by atoms with Gasteiger partial charge in [0.25, 0.3) is 5.91 Å². The van der Waals surface area contributed by atoms with Crippen LogP contribution in [-0.4, -0.2) is 38.8 Å². The van der Waals surface area contributed by atoms with Gasteiger partial charge in [-0.15, -0.1) is 0 Å². The third kappa shape index (κ3) is 3.26. The molecule has 6 heteroatoms. The standard InChI is InChI=1S/C20H19N5O/c21-19-12-23-18(11-24-19)14-3-1-4-15(9-14)20(26)25-8-6-17(13-25)16-5-2-7-22-10-16/h1-5,7,9-12,17H,6,8,13H2,(H2,21,24). The summed E-state index contributed by atoms with van der Waals surface area (Å²) in [4.78, 5) is 27.4. The van der Waals surface area contributed by atoms with Crippen molar-refractivity contribution in [2.75, 3.05) is 18.8 Å². The second kappa shape index (κ2) is 6.92. The van der Waals surface area contributed by atoms with Crippen molar-refractivity contribution in [3.8, 4) is 11.3 Å². The van der Waals surface area contributed by atoms with Crippen molar-refractivity contribution in [2.24, 2.45) is 0 Å². The van der Waals surface area contributed by atoms with E-state index in [2.05, 4.69) is 21.0 Å². The second-order valence-electron chi connectivity index (χ2n) is 6.43. The highest BCUT2D eigenvalue weighted by molar-refractivity contribution is 5.95. The van der Waals surface area contributed by atoms with Gasteiger partial charge in [0, 0.05) is 42.5 Å². The third-order valence-corrected chi connectivity index (χ3v) is 4.71. The van der Waals surface area contributed by atoms with Gasteiger partial charge in [-0.2, -0.15) is 0 Å². The van der Waals surface area contributed by atoms with Crippen molar-refractivity contribution >= 4 is 11.7 Å². The molecule has 1 aliphatic rings. The first-order valence-corrected chi connectivity index (χ1v) is 8.58. The first-order chi connectivity index (χ1) is 12.7. The molecule has 1 aliphatic heterocycles. The van der Waals surface area contributed by atoms with Crippen molar-refractivity contribution in [3.63, 3.8) is 0 Å². The molecule has 0 radical (unpaired) electrons. The summed E-state index contributed by atoms with van der Waals surface area (Å²) in [5.41, 5.74) is 8.99. The number of hydrogen-bond donors (Lipinski definition) is 1. The average Bonchev–Trinajstić information content (AvgIpc) is 3.19. The van der Waals surface area contributed by atoms with Gasteiger partial charge >= 0.3 is 0 Å². The molecular weight excluding hydrogens is 326 g/mol. The van der Waals surface area contributed by atoms with Crippen LogP contribution in [0.4, 0.5) is 5.82 Å². The van der Waals surface area contributed by atoms with Crippen molar-refractivity contribution in [1.29, 1.82) is 0 Å². The third-order valence-electron chi connectivity index (χ3n) is 4.71. The highest BCUT2D eigenvalue weighted by Gasteiger charge is 2.28. The number of nitrogen functional groups attached to an aromatic ring is 1. The van der Waals surface area contributed by atoms with E-state index in [4.69, 9.17) is 5.73 Å². The van der Waals surface area contributed by atoms with Crippen molar-refractivity contribution < 1.29 is 4.79 Å². The molecule has 0 spiro atoms. The lowest BCUT2D eigenvalue weighted by molar-refractivity contribution is 0.0791. The first kappa shape index (κ1) is 16.2. The van der Waals surface area contributed by atoms with E-state index in [1.54, 1.807) is 12.4 Å². The van der Waals surface area contributed by atoms with Gasteiger partial charge < -0.3 is 10.6 Å². The molecule has 3 aromatic rings. The number of anilines is 1. The molecule has 26 heavy (non-hydrogen) atoms. The molecule has 130 valence electrons. The SMILES string of the molecule is Nc1cnc(-c2cccc(C(=O)N3CCC(c4cccnc4)C3)c2)cn1. The van der Waals surface area contributed by atoms with Gasteiger partial charge in [0.15, 0.2) is 0 Å². The van der Waals surface area contributed by atoms with Crippen LogP contribution in [0.1, 0.15) is 28.3 Å². The van der Waals surface area contributed by atoms with E-state index in [9.17, 15) is 4.79 Å². The van der Waals surface area contributed by atoms with Gasteiger partial charge in [-0.25, -0.2) is 4.98 Å². The maximum absolute atomic E-state index is 12.9. The maximum atomic E-state index is 12.9. The quantitative estimate of drug-likeness (QED) is 0.789. The summed E-state index contributed by atoms with van der Waals surface area (Å²) < 4.78 is 0. The number of pyridine rings is 1. The van der Waals surface area contributed by atoms with Crippen LogP contribution >= 0.6 is 0 Å². The van der Waals surface area contributed by atoms with Gasteiger partial charge in [-0.1, -0.05) is 18.2 Å². The van der Waals surface area contributed by atoms with E-state index < -0.39 is 0 Å². The molecule has 2 aromatic heterocycles. The average molecular weight is 345 g/mol. The Balaban J connectivity index is 1.52. The van der Waals surface area contributed by atoms with Crippen LogP contribution in [-0.2, 0) is 0 Å². The molecule has 2 N–H and O–H groups in total. The van der Waals surface area contributed by atoms with Crippen LogP contribution in [0.25, 0.3) is 11.3 Å². The smallest absolute Gasteiger partial charge is 0.253 e. The molecule has 4 rings (SSSR count). The predicted octanol–water partition coefficient (Wildman–Crippen LogP) is 2.75. The zero-order chi connectivity index (χ0) is 17.9. The van der Waals surface area contributed by atoms with Gasteiger partial charge in [0.05, 0.1) is 18.1 Å². The monoisotopic (exact) mass is 345 g/mol. The highest BCUT2D eigenvalue weighted by Crippen LogP contribution is 2.28. The molecule has 0 aliphatic carbocycles. The Bertz CT molecular complexity index is 911. The Morgan fingerprint density at radius 3 is 2.81 bits per heavy atom. The van der Waals surface area contributed by atoms with E-state index in [1.165, 1.54) is 11.8 Å². The fraction of sp³-hybridized carbons (Fsp3) is 0.200. The van der Waals surface area contributed by atoms with E-state index >= 15 is 0 Å². The van der Waals surface area contributed by atoms with E-state index in [1.807, 2.05) is 41.4 Å². The molecule has 1 unspecified atom stereocenters. The zero-order valence-corrected chi connectivity index (χ0v) is 14.2. The molecular formula is C20H19N5O. The minimum Gasteiger partial charge on any atom is -0.382 e. The summed E-state index contributed by atoms with van der Waals surface area (Å²) in [7, 11) is 0. The Kier molecular flexibility index (Phi) is 4.31. The van der Waals surface area contributed by atoms with Crippen LogP contribution in [0.15, 0.2) is 61.2 Å². The Labute approximate surface area is 151 Å². The number of benzene rings is 1. The predicted molar refractivity (Wildman–Crippen MR) is 99.4 cm³/mol. The van der Waals surface area contributed by atoms with Crippen LogP contribution in [0.3, 0.4) is 0 Å². The molecule has 6 nitrogen and oxygen atoms in total. The Morgan fingerprint density at radius 2 is 2.04 bits per heavy atom. The van der Waals surface area contributed by atoms with Crippen LogP contribution in [0.2, 0.25) is 0 Å². The molecule has 3 heterocycles. The second-order valence-corrected chi connectivity index (χ2v) is 6.43. The largest absolute Gasteiger partial charge is 0.382 e. The van der Waals surface area contributed by atoms with E-state index in [0.29, 0.717) is 23.0 Å². The summed E-state index contributed by atoms with van der Waals surface area (Å²) in [6.07, 6.45) is 7.75. The molecule has 1 amide bonds. The van der Waals surface area contributed by atoms with Gasteiger partial charge in [-0.3, -0.25) is 14.8 Å². The lowest BCUT2D eigenvalue weighted by Crippen LogP contribution is -2.28. The van der Waals surface area contributed by atoms with E-state index in [-0.39, 0.29) is 5.91 Å². The number of nitrogens with zero attached hydrogens (tertiary/aromatic N) is 4. The van der Waals surface area contributed by atoms with Crippen molar-refractivity contribution in [3.05, 3.63) is 72.3 Å². The molecule has 0 saturated carbocycles. The highest BCUT2D eigenvalue weighted by atomic mass is 16.2. The fourth-order valence-corrected chi connectivity index (χ4v) is 3.32. The van der Waals surface area contributed by atoms with Gasteiger partial charge in [0.1, 0.15) is 5.82 Å². The fourth-order valence-electron chi connectivity index (χ4n) is 3.32. The van der Waals surface area contributed by atoms with Crippen molar-refractivity contribution in [1.82, 2.24) is 19.9 Å². The number of carbonyl (C=O) groups excluding carboxylic acids is 1. The number of nitrogens with two attached hydrogens (primary N) is 1. The lowest BCUT2D eigenvalue weighted by Gasteiger charge is -2.17. The summed E-state index contributed by atoms with van der Waals surface area (Å²) in [5.74, 6) is 0.764. The molecule has 0 bridgehead atoms. The van der Waals surface area contributed by atoms with Crippen LogP contribution in [0.5, 0.6) is 0 Å². The number of rotatable bonds is 3. The number of hydrogen-bond acceptors (Lipinski definition) is 5. The molecule has 1 saturated heterocycles. The maximum Gasteiger partial charge on any atom is 0.253 e. The lowest BCUT2D eigenvalue weighted by atomic mass is 10.0. The minimum atomic E-state index is 0.0432. The Morgan fingerprint density at radius 1 is 1.12 bits per heavy atom. The number of likely N-dealkylation sites (tertiary alicyclic amines) is 1. The number of aromatic nitrogens is 3. The zero-order valence-electron chi connectivity index (χ0n) is 14.2. The molecule has 1 fully saturated rings. The summed E-state index contributed by atoms with van der Waals surface area (Å²) in [5, 5.41) is 0. The van der Waals surface area contributed by atoms with E-state index in [0.717, 1.165) is 25.1 Å². The summed E-state index contributed by atoms with van der Waals surface area (Å²) in [6, 6.07) is 11.5. The van der Waals surface area contributed by atoms with Crippen molar-refractivity contribution in [2.45, 2.75) is 12.3 Å². The molecule has 1 aromatic carbocycles. The molecule has 1 atom stereocenters. The first-order valence-electron chi connectivity index (χ1n) is 8.58. The topological polar surface area (TPSA) is 85.0 Å². The van der Waals surface area contributed by atoms with Crippen LogP contribution < -0.4 is 5.73 Å². The van der Waals surface area contributed by atoms with Gasteiger partial charge in [0.2, 0.25) is 0 Å². The normalized spacial score (nSPS) is 16.6. The summed E-state index contributed by atoms with van der Waals surface area (Å²) >= 11 is 0. The summed E-state index contributed by atoms with van der Waals surface area (Å²) in [6.45, 7) is 1.47. The minimum absolute atomic E-state index is 0.0432. The Hall–Kier alpha value is -3.28. The number of amides is 1. The number of carbonyl (C=O) groups is 1.